The lowest BCUT2D eigenvalue weighted by Crippen LogP contribution is -2.10. The molecule has 17 heavy (non-hydrogen) atoms. The van der Waals surface area contributed by atoms with Crippen LogP contribution in [0.2, 0.25) is 0 Å². The molecule has 2 heterocycles. The highest BCUT2D eigenvalue weighted by Gasteiger charge is 2.19. The fourth-order valence-corrected chi connectivity index (χ4v) is 1.73. The molecule has 6 heteroatoms. The van der Waals surface area contributed by atoms with Gasteiger partial charge in [0.25, 0.3) is 5.89 Å². The van der Waals surface area contributed by atoms with Crippen LogP contribution in [0.5, 0.6) is 0 Å². The molecular weight excluding hydrogens is 218 g/mol. The van der Waals surface area contributed by atoms with Crippen molar-refractivity contribution in [1.29, 1.82) is 0 Å². The lowest BCUT2D eigenvalue weighted by atomic mass is 10.1. The van der Waals surface area contributed by atoms with Crippen molar-refractivity contribution in [2.45, 2.75) is 26.7 Å². The van der Waals surface area contributed by atoms with Gasteiger partial charge in [0, 0.05) is 25.2 Å². The number of hydrogen-bond acceptors (Lipinski definition) is 5. The Morgan fingerprint density at radius 3 is 2.65 bits per heavy atom. The van der Waals surface area contributed by atoms with Gasteiger partial charge in [0.05, 0.1) is 11.3 Å². The largest absolute Gasteiger partial charge is 0.334 e. The monoisotopic (exact) mass is 235 g/mol. The minimum absolute atomic E-state index is 0.102. The Kier molecular flexibility index (Phi) is 2.97. The van der Waals surface area contributed by atoms with E-state index in [-0.39, 0.29) is 5.92 Å². The van der Waals surface area contributed by atoms with E-state index in [0.717, 1.165) is 17.0 Å². The van der Waals surface area contributed by atoms with E-state index >= 15 is 0 Å². The van der Waals surface area contributed by atoms with Crippen molar-refractivity contribution in [3.05, 3.63) is 17.2 Å². The van der Waals surface area contributed by atoms with Crippen LogP contribution < -0.4 is 5.73 Å². The number of hydrogen-bond donors (Lipinski definition) is 1. The van der Waals surface area contributed by atoms with Crippen LogP contribution in [0.25, 0.3) is 11.5 Å². The molecular formula is C11H17N5O. The quantitative estimate of drug-likeness (QED) is 0.862. The molecule has 0 aliphatic rings. The Bertz CT molecular complexity index is 528. The van der Waals surface area contributed by atoms with Crippen LogP contribution in [-0.4, -0.2) is 26.5 Å². The molecule has 0 spiro atoms. The van der Waals surface area contributed by atoms with E-state index in [1.807, 2.05) is 27.8 Å². The average molecular weight is 235 g/mol. The molecule has 0 saturated heterocycles. The second-order valence-electron chi connectivity index (χ2n) is 4.26. The van der Waals surface area contributed by atoms with E-state index in [9.17, 15) is 0 Å². The summed E-state index contributed by atoms with van der Waals surface area (Å²) in [5, 5.41) is 8.28. The van der Waals surface area contributed by atoms with Gasteiger partial charge in [-0.2, -0.15) is 10.1 Å². The normalized spacial score (nSPS) is 13.0. The Morgan fingerprint density at radius 2 is 2.12 bits per heavy atom. The fourth-order valence-electron chi connectivity index (χ4n) is 1.73. The van der Waals surface area contributed by atoms with Crippen molar-refractivity contribution in [1.82, 2.24) is 19.9 Å². The highest BCUT2D eigenvalue weighted by atomic mass is 16.5. The predicted molar refractivity (Wildman–Crippen MR) is 63.4 cm³/mol. The third-order valence-corrected chi connectivity index (χ3v) is 2.96. The second-order valence-corrected chi connectivity index (χ2v) is 4.26. The first-order valence-corrected chi connectivity index (χ1v) is 5.58. The van der Waals surface area contributed by atoms with Gasteiger partial charge in [-0.15, -0.1) is 0 Å². The zero-order chi connectivity index (χ0) is 12.6. The number of rotatable bonds is 3. The topological polar surface area (TPSA) is 82.8 Å². The van der Waals surface area contributed by atoms with Crippen LogP contribution in [0.4, 0.5) is 0 Å². The lowest BCUT2D eigenvalue weighted by molar-refractivity contribution is 0.417. The van der Waals surface area contributed by atoms with Crippen molar-refractivity contribution < 1.29 is 4.52 Å². The molecule has 0 radical (unpaired) electrons. The van der Waals surface area contributed by atoms with E-state index in [1.165, 1.54) is 0 Å². The molecule has 1 unspecified atom stereocenters. The molecule has 0 aromatic carbocycles. The van der Waals surface area contributed by atoms with Crippen LogP contribution in [0.3, 0.4) is 0 Å². The Balaban J connectivity index is 2.43. The van der Waals surface area contributed by atoms with Crippen molar-refractivity contribution in [3.8, 4) is 11.5 Å². The van der Waals surface area contributed by atoms with Crippen molar-refractivity contribution in [2.24, 2.45) is 12.8 Å². The van der Waals surface area contributed by atoms with Crippen LogP contribution in [0.1, 0.15) is 30.1 Å². The highest BCUT2D eigenvalue weighted by molar-refractivity contribution is 5.59. The number of aromatic nitrogens is 4. The third kappa shape index (κ3) is 1.95. The first kappa shape index (κ1) is 11.8. The summed E-state index contributed by atoms with van der Waals surface area (Å²) in [6.07, 6.45) is 0. The minimum Gasteiger partial charge on any atom is -0.334 e. The molecule has 0 saturated carbocycles. The van der Waals surface area contributed by atoms with Crippen LogP contribution >= 0.6 is 0 Å². The maximum atomic E-state index is 5.58. The van der Waals surface area contributed by atoms with Gasteiger partial charge >= 0.3 is 0 Å². The smallest absolute Gasteiger partial charge is 0.261 e. The first-order chi connectivity index (χ1) is 8.04. The van der Waals surface area contributed by atoms with Gasteiger partial charge in [-0.1, -0.05) is 12.1 Å². The van der Waals surface area contributed by atoms with Crippen molar-refractivity contribution in [3.63, 3.8) is 0 Å². The van der Waals surface area contributed by atoms with Crippen LogP contribution in [-0.2, 0) is 7.05 Å². The van der Waals surface area contributed by atoms with Gasteiger partial charge in [0.1, 0.15) is 0 Å². The second kappa shape index (κ2) is 4.29. The van der Waals surface area contributed by atoms with E-state index < -0.39 is 0 Å². The van der Waals surface area contributed by atoms with E-state index in [4.69, 9.17) is 10.3 Å². The molecule has 2 N–H and O–H groups in total. The molecule has 92 valence electrons. The summed E-state index contributed by atoms with van der Waals surface area (Å²) in [4.78, 5) is 4.38. The van der Waals surface area contributed by atoms with Crippen molar-refractivity contribution >= 4 is 0 Å². The Labute approximate surface area is 99.8 Å². The number of nitrogens with zero attached hydrogens (tertiary/aromatic N) is 4. The molecule has 0 amide bonds. The standard InChI is InChI=1S/C11H17N5O/c1-6(5-12)10-13-11(17-15-10)9-7(2)14-16(4)8(9)3/h6H,5,12H2,1-4H3. The first-order valence-electron chi connectivity index (χ1n) is 5.58. The summed E-state index contributed by atoms with van der Waals surface area (Å²) < 4.78 is 7.09. The van der Waals surface area contributed by atoms with Gasteiger partial charge in [-0.25, -0.2) is 0 Å². The summed E-state index contributed by atoms with van der Waals surface area (Å²) in [5.74, 6) is 1.26. The van der Waals surface area contributed by atoms with Gasteiger partial charge in [0.2, 0.25) is 0 Å². The maximum absolute atomic E-state index is 5.58. The Hall–Kier alpha value is -1.69. The molecule has 2 rings (SSSR count). The van der Waals surface area contributed by atoms with E-state index in [0.29, 0.717) is 18.3 Å². The summed E-state index contributed by atoms with van der Waals surface area (Å²) in [6.45, 7) is 6.38. The third-order valence-electron chi connectivity index (χ3n) is 2.96. The zero-order valence-electron chi connectivity index (χ0n) is 10.6. The summed E-state index contributed by atoms with van der Waals surface area (Å²) >= 11 is 0. The van der Waals surface area contributed by atoms with Gasteiger partial charge in [-0.3, -0.25) is 4.68 Å². The summed E-state index contributed by atoms with van der Waals surface area (Å²) in [6, 6.07) is 0. The van der Waals surface area contributed by atoms with Crippen molar-refractivity contribution in [2.75, 3.05) is 6.54 Å². The summed E-state index contributed by atoms with van der Waals surface area (Å²) in [5.41, 5.74) is 8.39. The molecule has 2 aromatic rings. The predicted octanol–water partition coefficient (Wildman–Crippen LogP) is 1.15. The molecule has 0 aliphatic carbocycles. The Morgan fingerprint density at radius 1 is 1.41 bits per heavy atom. The molecule has 0 fully saturated rings. The molecule has 6 nitrogen and oxygen atoms in total. The highest BCUT2D eigenvalue weighted by Crippen LogP contribution is 2.25. The van der Waals surface area contributed by atoms with Crippen LogP contribution in [0, 0.1) is 13.8 Å². The average Bonchev–Trinajstić information content (AvgIpc) is 2.85. The maximum Gasteiger partial charge on any atom is 0.261 e. The SMILES string of the molecule is Cc1nn(C)c(C)c1-c1nc(C(C)CN)no1. The molecule has 0 bridgehead atoms. The number of nitrogens with two attached hydrogens (primary N) is 1. The van der Waals surface area contributed by atoms with Gasteiger partial charge in [-0.05, 0) is 13.8 Å². The number of aryl methyl sites for hydroxylation is 2. The molecule has 0 aliphatic heterocycles. The van der Waals surface area contributed by atoms with E-state index in [1.54, 1.807) is 4.68 Å². The lowest BCUT2D eigenvalue weighted by Gasteiger charge is -1.99. The summed E-state index contributed by atoms with van der Waals surface area (Å²) in [7, 11) is 1.89. The molecule has 1 atom stereocenters. The fraction of sp³-hybridized carbons (Fsp3) is 0.545. The zero-order valence-corrected chi connectivity index (χ0v) is 10.6. The molecule has 2 aromatic heterocycles. The van der Waals surface area contributed by atoms with Crippen LogP contribution in [0.15, 0.2) is 4.52 Å². The van der Waals surface area contributed by atoms with Gasteiger partial charge in [0.15, 0.2) is 5.82 Å². The van der Waals surface area contributed by atoms with Gasteiger partial charge < -0.3 is 10.3 Å². The minimum atomic E-state index is 0.102. The van der Waals surface area contributed by atoms with E-state index in [2.05, 4.69) is 15.2 Å².